The highest BCUT2D eigenvalue weighted by Crippen LogP contribution is 2.28. The fraction of sp³-hybridized carbons (Fsp3) is 0.312. The van der Waals surface area contributed by atoms with Crippen molar-refractivity contribution in [3.8, 4) is 12.3 Å². The van der Waals surface area contributed by atoms with Crippen molar-refractivity contribution >= 4 is 27.4 Å². The van der Waals surface area contributed by atoms with Gasteiger partial charge in [0.1, 0.15) is 23.0 Å². The van der Waals surface area contributed by atoms with E-state index in [0.717, 1.165) is 40.4 Å². The van der Waals surface area contributed by atoms with Crippen molar-refractivity contribution in [2.45, 2.75) is 26.4 Å². The van der Waals surface area contributed by atoms with E-state index < -0.39 is 0 Å². The van der Waals surface area contributed by atoms with Crippen LogP contribution in [0.25, 0.3) is 10.2 Å². The van der Waals surface area contributed by atoms with Gasteiger partial charge in [-0.1, -0.05) is 12.8 Å². The molecule has 0 aliphatic heterocycles. The molecule has 3 rings (SSSR count). The molecule has 0 unspecified atom stereocenters. The average Bonchev–Trinajstić information content (AvgIpc) is 3.15. The molecule has 5 nitrogen and oxygen atoms in total. The first-order chi connectivity index (χ1) is 10.7. The quantitative estimate of drug-likeness (QED) is 0.680. The fourth-order valence-corrected chi connectivity index (χ4v) is 3.13. The minimum Gasteiger partial charge on any atom is -0.355 e. The summed E-state index contributed by atoms with van der Waals surface area (Å²) in [4.78, 5) is 12.4. The highest BCUT2D eigenvalue weighted by Gasteiger charge is 2.13. The average molecular weight is 311 g/mol. The predicted molar refractivity (Wildman–Crippen MR) is 90.0 cm³/mol. The first-order valence-corrected chi connectivity index (χ1v) is 7.99. The first-order valence-electron chi connectivity index (χ1n) is 7.11. The molecule has 0 spiro atoms. The molecule has 0 fully saturated rings. The Bertz CT molecular complexity index is 827. The number of rotatable bonds is 5. The van der Waals surface area contributed by atoms with Crippen LogP contribution in [-0.4, -0.2) is 26.8 Å². The Morgan fingerprint density at radius 1 is 1.41 bits per heavy atom. The maximum absolute atomic E-state index is 5.31. The van der Waals surface area contributed by atoms with Crippen molar-refractivity contribution in [2.75, 3.05) is 11.9 Å². The lowest BCUT2D eigenvalue weighted by Gasteiger charge is -2.18. The molecule has 3 aromatic rings. The number of aromatic nitrogens is 4. The van der Waals surface area contributed by atoms with Crippen molar-refractivity contribution in [1.29, 1.82) is 0 Å². The third-order valence-corrected chi connectivity index (χ3v) is 4.20. The van der Waals surface area contributed by atoms with Crippen LogP contribution in [0.15, 0.2) is 23.8 Å². The van der Waals surface area contributed by atoms with E-state index in [1.54, 1.807) is 16.0 Å². The molecule has 22 heavy (non-hydrogen) atoms. The molecule has 0 aliphatic carbocycles. The van der Waals surface area contributed by atoms with Gasteiger partial charge in [-0.2, -0.15) is 5.10 Å². The Labute approximate surface area is 133 Å². The third kappa shape index (κ3) is 2.81. The largest absolute Gasteiger partial charge is 0.355 e. The third-order valence-electron chi connectivity index (χ3n) is 3.39. The SMILES string of the molecule is C#CCn1cc(CN(C)c2nc(CC)nc3sccc23)cn1. The minimum absolute atomic E-state index is 0.492. The van der Waals surface area contributed by atoms with Gasteiger partial charge in [-0.25, -0.2) is 9.97 Å². The molecule has 112 valence electrons. The number of nitrogens with zero attached hydrogens (tertiary/aromatic N) is 5. The van der Waals surface area contributed by atoms with Crippen molar-refractivity contribution in [1.82, 2.24) is 19.7 Å². The summed E-state index contributed by atoms with van der Waals surface area (Å²) in [5.74, 6) is 4.43. The van der Waals surface area contributed by atoms with Crippen LogP contribution in [0.2, 0.25) is 0 Å². The van der Waals surface area contributed by atoms with Crippen molar-refractivity contribution in [3.63, 3.8) is 0 Å². The smallest absolute Gasteiger partial charge is 0.141 e. The van der Waals surface area contributed by atoms with E-state index in [-0.39, 0.29) is 0 Å². The molecule has 0 aliphatic rings. The number of terminal acetylenes is 1. The summed E-state index contributed by atoms with van der Waals surface area (Å²) >= 11 is 1.65. The zero-order valence-electron chi connectivity index (χ0n) is 12.7. The Balaban J connectivity index is 1.89. The van der Waals surface area contributed by atoms with E-state index in [2.05, 4.69) is 39.3 Å². The highest BCUT2D eigenvalue weighted by molar-refractivity contribution is 7.16. The second-order valence-electron chi connectivity index (χ2n) is 5.06. The summed E-state index contributed by atoms with van der Waals surface area (Å²) in [7, 11) is 2.04. The number of fused-ring (bicyclic) bond motifs is 1. The van der Waals surface area contributed by atoms with Gasteiger partial charge in [-0.15, -0.1) is 17.8 Å². The van der Waals surface area contributed by atoms with Gasteiger partial charge in [0, 0.05) is 31.8 Å². The Morgan fingerprint density at radius 3 is 3.05 bits per heavy atom. The Kier molecular flexibility index (Phi) is 4.07. The van der Waals surface area contributed by atoms with Crippen molar-refractivity contribution < 1.29 is 0 Å². The topological polar surface area (TPSA) is 46.8 Å². The molecule has 0 bridgehead atoms. The van der Waals surface area contributed by atoms with Gasteiger partial charge in [0.05, 0.1) is 11.6 Å². The summed E-state index contributed by atoms with van der Waals surface area (Å²) < 4.78 is 1.76. The van der Waals surface area contributed by atoms with E-state index in [9.17, 15) is 0 Å². The van der Waals surface area contributed by atoms with Crippen LogP contribution < -0.4 is 4.90 Å². The van der Waals surface area contributed by atoms with Gasteiger partial charge in [0.2, 0.25) is 0 Å². The van der Waals surface area contributed by atoms with Crippen LogP contribution in [0.1, 0.15) is 18.3 Å². The monoisotopic (exact) mass is 311 g/mol. The van der Waals surface area contributed by atoms with Gasteiger partial charge >= 0.3 is 0 Å². The zero-order chi connectivity index (χ0) is 15.5. The molecule has 6 heteroatoms. The second-order valence-corrected chi connectivity index (χ2v) is 5.96. The summed E-state index contributed by atoms with van der Waals surface area (Å²) in [6.07, 6.45) is 9.96. The van der Waals surface area contributed by atoms with Gasteiger partial charge < -0.3 is 4.90 Å². The van der Waals surface area contributed by atoms with E-state index in [1.807, 2.05) is 19.4 Å². The summed E-state index contributed by atoms with van der Waals surface area (Å²) in [6.45, 7) is 3.30. The molecular formula is C16H17N5S. The summed E-state index contributed by atoms with van der Waals surface area (Å²) in [5, 5.41) is 7.41. The summed E-state index contributed by atoms with van der Waals surface area (Å²) in [6, 6.07) is 2.08. The van der Waals surface area contributed by atoms with Gasteiger partial charge in [0.25, 0.3) is 0 Å². The van der Waals surface area contributed by atoms with Crippen LogP contribution in [-0.2, 0) is 19.5 Å². The molecular weight excluding hydrogens is 294 g/mol. The predicted octanol–water partition coefficient (Wildman–Crippen LogP) is 2.72. The molecule has 3 aromatic heterocycles. The van der Waals surface area contributed by atoms with Gasteiger partial charge in [-0.3, -0.25) is 4.68 Å². The molecule has 0 saturated carbocycles. The second kappa shape index (κ2) is 6.16. The number of thiophene rings is 1. The van der Waals surface area contributed by atoms with E-state index in [1.165, 1.54) is 0 Å². The number of hydrogen-bond acceptors (Lipinski definition) is 5. The van der Waals surface area contributed by atoms with E-state index in [4.69, 9.17) is 11.4 Å². The normalized spacial score (nSPS) is 10.8. The summed E-state index contributed by atoms with van der Waals surface area (Å²) in [5.41, 5.74) is 1.11. The van der Waals surface area contributed by atoms with Crippen molar-refractivity contribution in [2.24, 2.45) is 0 Å². The fourth-order valence-electron chi connectivity index (χ4n) is 2.35. The van der Waals surface area contributed by atoms with Gasteiger partial charge in [-0.05, 0) is 11.4 Å². The molecule has 0 saturated heterocycles. The number of aryl methyl sites for hydroxylation is 1. The Hall–Kier alpha value is -2.39. The highest BCUT2D eigenvalue weighted by atomic mass is 32.1. The van der Waals surface area contributed by atoms with Gasteiger partial charge in [0.15, 0.2) is 0 Å². The molecule has 0 atom stereocenters. The van der Waals surface area contributed by atoms with E-state index >= 15 is 0 Å². The number of anilines is 1. The zero-order valence-corrected chi connectivity index (χ0v) is 13.5. The van der Waals surface area contributed by atoms with Crippen LogP contribution >= 0.6 is 11.3 Å². The molecule has 0 radical (unpaired) electrons. The van der Waals surface area contributed by atoms with Crippen LogP contribution in [0, 0.1) is 12.3 Å². The first kappa shape index (κ1) is 14.5. The molecule has 3 heterocycles. The molecule has 0 amide bonds. The Morgan fingerprint density at radius 2 is 2.27 bits per heavy atom. The lowest BCUT2D eigenvalue weighted by molar-refractivity contribution is 0.714. The molecule has 0 N–H and O–H groups in total. The maximum atomic E-state index is 5.31. The minimum atomic E-state index is 0.492. The van der Waals surface area contributed by atoms with Crippen LogP contribution in [0.4, 0.5) is 5.82 Å². The van der Waals surface area contributed by atoms with Crippen molar-refractivity contribution in [3.05, 3.63) is 35.2 Å². The number of hydrogen-bond donors (Lipinski definition) is 0. The maximum Gasteiger partial charge on any atom is 0.141 e. The standard InChI is InChI=1S/C16H17N5S/c1-4-7-21-11-12(9-17-21)10-20(3)15-13-6-8-22-16(13)19-14(5-2)18-15/h1,6,8-9,11H,5,7,10H2,2-3H3. The lowest BCUT2D eigenvalue weighted by Crippen LogP contribution is -2.18. The van der Waals surface area contributed by atoms with Crippen LogP contribution in [0.3, 0.4) is 0 Å². The molecule has 0 aromatic carbocycles. The van der Waals surface area contributed by atoms with E-state index in [0.29, 0.717) is 6.54 Å². The van der Waals surface area contributed by atoms with Crippen LogP contribution in [0.5, 0.6) is 0 Å². The lowest BCUT2D eigenvalue weighted by atomic mass is 10.3.